The smallest absolute Gasteiger partial charge is 0.153 e. The Morgan fingerprint density at radius 2 is 1.85 bits per heavy atom. The summed E-state index contributed by atoms with van der Waals surface area (Å²) in [5.74, 6) is 1.86. The molecule has 4 heterocycles. The van der Waals surface area contributed by atoms with Gasteiger partial charge in [-0.05, 0) is 25.9 Å². The van der Waals surface area contributed by atoms with E-state index in [1.54, 1.807) is 31.0 Å². The summed E-state index contributed by atoms with van der Waals surface area (Å²) in [6, 6.07) is 0. The highest BCUT2D eigenvalue weighted by atomic mass is 15.2. The van der Waals surface area contributed by atoms with Gasteiger partial charge in [-0.1, -0.05) is 0 Å². The Balaban J connectivity index is 1.41. The molecule has 26 heavy (non-hydrogen) atoms. The maximum Gasteiger partial charge on any atom is 0.153 e. The molecule has 0 atom stereocenters. The number of rotatable bonds is 5. The Kier molecular flexibility index (Phi) is 4.83. The van der Waals surface area contributed by atoms with Crippen molar-refractivity contribution in [2.75, 3.05) is 18.4 Å². The van der Waals surface area contributed by atoms with E-state index in [0.717, 1.165) is 44.0 Å². The summed E-state index contributed by atoms with van der Waals surface area (Å²) in [6.07, 6.45) is 14.6. The lowest BCUT2D eigenvalue weighted by molar-refractivity contribution is 0.203. The number of piperidine rings is 1. The minimum Gasteiger partial charge on any atom is -0.322 e. The van der Waals surface area contributed by atoms with E-state index >= 15 is 0 Å². The molecule has 0 aliphatic carbocycles. The molecule has 0 aromatic carbocycles. The molecule has 1 aliphatic rings. The first-order valence-corrected chi connectivity index (χ1v) is 8.82. The fourth-order valence-electron chi connectivity index (χ4n) is 3.41. The average molecular weight is 350 g/mol. The Morgan fingerprint density at radius 1 is 1.04 bits per heavy atom. The van der Waals surface area contributed by atoms with Gasteiger partial charge in [0.15, 0.2) is 5.82 Å². The van der Waals surface area contributed by atoms with Gasteiger partial charge in [0.1, 0.15) is 5.82 Å². The predicted octanol–water partition coefficient (Wildman–Crippen LogP) is 2.12. The first-order valence-electron chi connectivity index (χ1n) is 8.82. The van der Waals surface area contributed by atoms with Crippen molar-refractivity contribution >= 4 is 11.6 Å². The largest absolute Gasteiger partial charge is 0.322 e. The van der Waals surface area contributed by atoms with E-state index in [9.17, 15) is 0 Å². The van der Waals surface area contributed by atoms with Crippen LogP contribution in [0.5, 0.6) is 0 Å². The molecule has 1 fully saturated rings. The minimum atomic E-state index is 0.396. The van der Waals surface area contributed by atoms with Crippen molar-refractivity contribution in [3.05, 3.63) is 54.6 Å². The van der Waals surface area contributed by atoms with Crippen LogP contribution in [-0.2, 0) is 13.6 Å². The fraction of sp³-hybridized carbons (Fsp3) is 0.389. The van der Waals surface area contributed by atoms with Crippen LogP contribution in [-0.4, -0.2) is 47.7 Å². The number of hydrogen-bond acceptors (Lipinski definition) is 7. The Hall–Kier alpha value is -2.87. The van der Waals surface area contributed by atoms with Gasteiger partial charge in [-0.2, -0.15) is 5.10 Å². The summed E-state index contributed by atoms with van der Waals surface area (Å²) < 4.78 is 1.85. The summed E-state index contributed by atoms with van der Waals surface area (Å²) in [5.41, 5.74) is 2.27. The second-order valence-corrected chi connectivity index (χ2v) is 6.58. The van der Waals surface area contributed by atoms with Crippen LogP contribution in [0.4, 0.5) is 11.6 Å². The number of hydrogen-bond donors (Lipinski definition) is 1. The molecule has 1 aliphatic heterocycles. The van der Waals surface area contributed by atoms with Crippen LogP contribution in [0.3, 0.4) is 0 Å². The fourth-order valence-corrected chi connectivity index (χ4v) is 3.41. The Bertz CT molecular complexity index is 839. The van der Waals surface area contributed by atoms with Gasteiger partial charge < -0.3 is 5.32 Å². The summed E-state index contributed by atoms with van der Waals surface area (Å²) in [6.45, 7) is 3.03. The van der Waals surface area contributed by atoms with Gasteiger partial charge in [-0.25, -0.2) is 9.97 Å². The monoisotopic (exact) mass is 350 g/mol. The second-order valence-electron chi connectivity index (χ2n) is 6.58. The number of likely N-dealkylation sites (tertiary alicyclic amines) is 1. The molecule has 4 rings (SSSR count). The molecule has 3 aromatic rings. The molecule has 0 unspecified atom stereocenters. The van der Waals surface area contributed by atoms with Gasteiger partial charge in [-0.15, -0.1) is 0 Å². The van der Waals surface area contributed by atoms with E-state index < -0.39 is 0 Å². The maximum absolute atomic E-state index is 4.61. The van der Waals surface area contributed by atoms with E-state index in [1.165, 1.54) is 5.56 Å². The minimum absolute atomic E-state index is 0.396. The van der Waals surface area contributed by atoms with Gasteiger partial charge in [0.05, 0.1) is 18.1 Å². The summed E-state index contributed by atoms with van der Waals surface area (Å²) >= 11 is 0. The summed E-state index contributed by atoms with van der Waals surface area (Å²) in [5, 5.41) is 7.50. The second kappa shape index (κ2) is 7.57. The topological polar surface area (TPSA) is 84.7 Å². The van der Waals surface area contributed by atoms with Gasteiger partial charge in [0.25, 0.3) is 0 Å². The van der Waals surface area contributed by atoms with Crippen molar-refractivity contribution in [3.63, 3.8) is 0 Å². The van der Waals surface area contributed by atoms with Crippen molar-refractivity contribution in [2.45, 2.75) is 25.3 Å². The van der Waals surface area contributed by atoms with E-state index in [2.05, 4.69) is 41.4 Å². The van der Waals surface area contributed by atoms with E-state index in [4.69, 9.17) is 0 Å². The summed E-state index contributed by atoms with van der Waals surface area (Å²) in [7, 11) is 1.95. The molecular weight excluding hydrogens is 328 g/mol. The lowest BCUT2D eigenvalue weighted by atomic mass is 9.93. The molecule has 8 heteroatoms. The lowest BCUT2D eigenvalue weighted by Crippen LogP contribution is -2.32. The molecule has 1 saturated heterocycles. The first kappa shape index (κ1) is 16.6. The highest BCUT2D eigenvalue weighted by Gasteiger charge is 2.24. The van der Waals surface area contributed by atoms with Crippen LogP contribution in [0.25, 0.3) is 0 Å². The number of aromatic nitrogens is 6. The van der Waals surface area contributed by atoms with E-state index in [0.29, 0.717) is 11.7 Å². The van der Waals surface area contributed by atoms with Crippen LogP contribution in [0.1, 0.15) is 30.0 Å². The number of aryl methyl sites for hydroxylation is 1. The summed E-state index contributed by atoms with van der Waals surface area (Å²) in [4.78, 5) is 19.9. The predicted molar refractivity (Wildman–Crippen MR) is 97.8 cm³/mol. The lowest BCUT2D eigenvalue weighted by Gasteiger charge is -2.31. The third-order valence-corrected chi connectivity index (χ3v) is 4.67. The van der Waals surface area contributed by atoms with Crippen LogP contribution in [0, 0.1) is 0 Å². The molecule has 0 spiro atoms. The quantitative estimate of drug-likeness (QED) is 0.754. The molecular formula is C18H22N8. The van der Waals surface area contributed by atoms with Crippen LogP contribution in [0.2, 0.25) is 0 Å². The molecule has 0 radical (unpaired) electrons. The Morgan fingerprint density at radius 3 is 2.58 bits per heavy atom. The molecule has 3 aromatic heterocycles. The van der Waals surface area contributed by atoms with Crippen LogP contribution >= 0.6 is 0 Å². The molecule has 134 valence electrons. The van der Waals surface area contributed by atoms with E-state index in [1.807, 2.05) is 17.9 Å². The average Bonchev–Trinajstić information content (AvgIpc) is 3.09. The third-order valence-electron chi connectivity index (χ3n) is 4.67. The third kappa shape index (κ3) is 3.85. The van der Waals surface area contributed by atoms with Gasteiger partial charge in [0.2, 0.25) is 0 Å². The van der Waals surface area contributed by atoms with Crippen molar-refractivity contribution < 1.29 is 0 Å². The molecule has 8 nitrogen and oxygen atoms in total. The van der Waals surface area contributed by atoms with Gasteiger partial charge in [0, 0.05) is 56.1 Å². The normalized spacial score (nSPS) is 15.9. The number of nitrogens with zero attached hydrogens (tertiary/aromatic N) is 7. The SMILES string of the molecule is Cn1cc(CN2CCC(c3nccnc3Nc3cnccn3)CC2)cn1. The molecule has 0 amide bonds. The van der Waals surface area contributed by atoms with Crippen LogP contribution < -0.4 is 5.32 Å². The van der Waals surface area contributed by atoms with E-state index in [-0.39, 0.29) is 0 Å². The molecule has 0 bridgehead atoms. The van der Waals surface area contributed by atoms with Crippen molar-refractivity contribution in [1.82, 2.24) is 34.6 Å². The zero-order chi connectivity index (χ0) is 17.8. The number of anilines is 2. The first-order chi connectivity index (χ1) is 12.8. The van der Waals surface area contributed by atoms with Crippen LogP contribution in [0.15, 0.2) is 43.4 Å². The van der Waals surface area contributed by atoms with Gasteiger partial charge in [-0.3, -0.25) is 19.5 Å². The van der Waals surface area contributed by atoms with Crippen molar-refractivity contribution in [3.8, 4) is 0 Å². The zero-order valence-corrected chi connectivity index (χ0v) is 14.8. The van der Waals surface area contributed by atoms with Crippen molar-refractivity contribution in [2.24, 2.45) is 7.05 Å². The standard InChI is InChI=1S/C18H22N8/c1-25-12-14(10-23-25)13-26-8-2-15(3-9-26)17-18(22-7-6-21-17)24-16-11-19-4-5-20-16/h4-7,10-12,15H,2-3,8-9,13H2,1H3,(H,20,22,24). The van der Waals surface area contributed by atoms with Crippen molar-refractivity contribution in [1.29, 1.82) is 0 Å². The molecule has 0 saturated carbocycles. The highest BCUT2D eigenvalue weighted by Crippen LogP contribution is 2.31. The Labute approximate surface area is 152 Å². The maximum atomic E-state index is 4.61. The van der Waals surface area contributed by atoms with Gasteiger partial charge >= 0.3 is 0 Å². The molecule has 1 N–H and O–H groups in total. The highest BCUT2D eigenvalue weighted by molar-refractivity contribution is 5.53. The number of nitrogens with one attached hydrogen (secondary N) is 1. The zero-order valence-electron chi connectivity index (χ0n) is 14.8.